The summed E-state index contributed by atoms with van der Waals surface area (Å²) in [6.45, 7) is 5.10. The predicted molar refractivity (Wildman–Crippen MR) is 161 cm³/mol. The molecule has 11 nitrogen and oxygen atoms in total. The maximum atomic E-state index is 14.1. The van der Waals surface area contributed by atoms with E-state index in [9.17, 15) is 13.2 Å². The second kappa shape index (κ2) is 13.6. The topological polar surface area (TPSA) is 111 Å². The maximum Gasteiger partial charge on any atom is 0.243 e. The van der Waals surface area contributed by atoms with Crippen LogP contribution in [0, 0.1) is 5.92 Å². The fourth-order valence-electron chi connectivity index (χ4n) is 5.43. The van der Waals surface area contributed by atoms with E-state index in [0.717, 1.165) is 44.0 Å². The predicted octanol–water partition coefficient (Wildman–Crippen LogP) is 3.48. The van der Waals surface area contributed by atoms with E-state index < -0.39 is 10.0 Å². The smallest absolute Gasteiger partial charge is 0.243 e. The van der Waals surface area contributed by atoms with Crippen molar-refractivity contribution in [1.29, 1.82) is 0 Å². The van der Waals surface area contributed by atoms with Gasteiger partial charge >= 0.3 is 0 Å². The van der Waals surface area contributed by atoms with Crippen LogP contribution in [0.2, 0.25) is 0 Å². The molecule has 0 aliphatic carbocycles. The van der Waals surface area contributed by atoms with Gasteiger partial charge in [0, 0.05) is 45.2 Å². The molecule has 42 heavy (non-hydrogen) atoms. The highest BCUT2D eigenvalue weighted by Gasteiger charge is 2.35. The molecule has 3 aromatic rings. The second-order valence-corrected chi connectivity index (χ2v) is 13.2. The third-order valence-corrected chi connectivity index (χ3v) is 10.9. The van der Waals surface area contributed by atoms with E-state index in [4.69, 9.17) is 23.9 Å². The van der Waals surface area contributed by atoms with Gasteiger partial charge < -0.3 is 18.9 Å². The van der Waals surface area contributed by atoms with Crippen molar-refractivity contribution in [2.75, 3.05) is 78.7 Å². The fourth-order valence-corrected chi connectivity index (χ4v) is 8.00. The summed E-state index contributed by atoms with van der Waals surface area (Å²) in [5, 5.41) is 0.591. The number of carbonyl (C=O) groups is 1. The molecule has 0 saturated carbocycles. The lowest BCUT2D eigenvalue weighted by molar-refractivity contribution is -0.123. The van der Waals surface area contributed by atoms with Crippen molar-refractivity contribution in [3.63, 3.8) is 0 Å². The maximum absolute atomic E-state index is 14.1. The lowest BCUT2D eigenvalue weighted by atomic mass is 9.96. The number of benzene rings is 2. The molecule has 2 saturated heterocycles. The lowest BCUT2D eigenvalue weighted by Crippen LogP contribution is -2.45. The number of sulfonamides is 1. The number of rotatable bonds is 11. The van der Waals surface area contributed by atoms with Gasteiger partial charge in [-0.3, -0.25) is 14.6 Å². The Bertz CT molecular complexity index is 1420. The van der Waals surface area contributed by atoms with Crippen molar-refractivity contribution in [2.45, 2.75) is 24.2 Å². The van der Waals surface area contributed by atoms with Gasteiger partial charge in [-0.05, 0) is 55.7 Å². The molecule has 0 bridgehead atoms. The van der Waals surface area contributed by atoms with Crippen molar-refractivity contribution in [3.8, 4) is 17.2 Å². The van der Waals surface area contributed by atoms with E-state index in [1.807, 2.05) is 12.1 Å². The van der Waals surface area contributed by atoms with Crippen LogP contribution in [-0.2, 0) is 19.6 Å². The molecule has 0 unspecified atom stereocenters. The van der Waals surface area contributed by atoms with Crippen molar-refractivity contribution >= 4 is 42.6 Å². The summed E-state index contributed by atoms with van der Waals surface area (Å²) >= 11 is 1.41. The Morgan fingerprint density at radius 3 is 2.29 bits per heavy atom. The van der Waals surface area contributed by atoms with Gasteiger partial charge in [0.05, 0.1) is 39.4 Å². The summed E-state index contributed by atoms with van der Waals surface area (Å²) in [6.07, 6.45) is 1.65. The largest absolute Gasteiger partial charge is 0.497 e. The molecule has 1 aromatic heterocycles. The number of methoxy groups -OCH3 is 3. The first-order valence-corrected chi connectivity index (χ1v) is 16.4. The third kappa shape index (κ3) is 6.50. The van der Waals surface area contributed by atoms with E-state index in [2.05, 4.69) is 4.90 Å². The number of fused-ring (bicyclic) bond motifs is 1. The molecular weight excluding hydrogens is 580 g/mol. The number of morpholine rings is 1. The quantitative estimate of drug-likeness (QED) is 0.319. The zero-order valence-electron chi connectivity index (χ0n) is 24.3. The Hall–Kier alpha value is -2.97. The Morgan fingerprint density at radius 1 is 0.976 bits per heavy atom. The van der Waals surface area contributed by atoms with Crippen molar-refractivity contribution in [1.82, 2.24) is 14.2 Å². The molecule has 1 amide bonds. The summed E-state index contributed by atoms with van der Waals surface area (Å²) in [4.78, 5) is 23.3. The number of ether oxygens (including phenoxy) is 4. The minimum Gasteiger partial charge on any atom is -0.497 e. The third-order valence-electron chi connectivity index (χ3n) is 7.86. The van der Waals surface area contributed by atoms with E-state index >= 15 is 0 Å². The number of nitrogens with zero attached hydrogens (tertiary/aromatic N) is 4. The van der Waals surface area contributed by atoms with E-state index in [-0.39, 0.29) is 29.8 Å². The second-order valence-electron chi connectivity index (χ2n) is 10.3. The van der Waals surface area contributed by atoms with Crippen LogP contribution in [0.5, 0.6) is 17.2 Å². The fraction of sp³-hybridized carbons (Fsp3) is 0.517. The number of aromatic nitrogens is 1. The van der Waals surface area contributed by atoms with Crippen LogP contribution in [0.25, 0.3) is 10.2 Å². The van der Waals surface area contributed by atoms with Gasteiger partial charge in [-0.25, -0.2) is 13.4 Å². The Kier molecular flexibility index (Phi) is 9.84. The van der Waals surface area contributed by atoms with Gasteiger partial charge in [0.15, 0.2) is 5.13 Å². The number of carbonyl (C=O) groups excluding carboxylic acids is 1. The Balaban J connectivity index is 1.34. The van der Waals surface area contributed by atoms with Crippen LogP contribution in [0.1, 0.15) is 19.3 Å². The molecule has 2 aromatic carbocycles. The first kappa shape index (κ1) is 30.5. The normalized spacial score (nSPS) is 17.3. The summed E-state index contributed by atoms with van der Waals surface area (Å²) in [5.74, 6) is 1.54. The minimum absolute atomic E-state index is 0.0320. The molecule has 0 radical (unpaired) electrons. The monoisotopic (exact) mass is 618 g/mol. The summed E-state index contributed by atoms with van der Waals surface area (Å²) in [6, 6.07) is 10.0. The summed E-state index contributed by atoms with van der Waals surface area (Å²) in [7, 11) is 1.08. The number of thiazole rings is 1. The SMILES string of the molecule is COc1ccc(S(=O)(=O)N2CCC(C(=O)N(CCCN3CCOCC3)c3nc4c(OC)ccc(OC)c4s3)CC2)cc1. The standard InChI is InChI=1S/C29H38N4O7S2/c1-37-22-5-7-23(8-6-22)42(35,36)32-15-11-21(12-16-32)28(34)33(14-4-13-31-17-19-40-20-18-31)29-30-26-24(38-2)9-10-25(39-3)27(26)41-29/h5-10,21H,4,11-20H2,1-3H3. The van der Waals surface area contributed by atoms with Gasteiger partial charge in [0.25, 0.3) is 0 Å². The number of anilines is 1. The molecule has 13 heteroatoms. The summed E-state index contributed by atoms with van der Waals surface area (Å²) in [5.41, 5.74) is 0.656. The first-order valence-electron chi connectivity index (χ1n) is 14.1. The molecule has 228 valence electrons. The van der Waals surface area contributed by atoms with E-state index in [1.165, 1.54) is 15.6 Å². The van der Waals surface area contributed by atoms with Gasteiger partial charge in [-0.15, -0.1) is 0 Å². The van der Waals surface area contributed by atoms with E-state index in [0.29, 0.717) is 47.3 Å². The average molecular weight is 619 g/mol. The number of piperidine rings is 1. The molecule has 2 aliphatic rings. The highest BCUT2D eigenvalue weighted by Crippen LogP contribution is 2.41. The highest BCUT2D eigenvalue weighted by molar-refractivity contribution is 7.89. The van der Waals surface area contributed by atoms with E-state index in [1.54, 1.807) is 50.5 Å². The lowest BCUT2D eigenvalue weighted by Gasteiger charge is -2.33. The average Bonchev–Trinajstić information content (AvgIpc) is 3.48. The van der Waals surface area contributed by atoms with Crippen molar-refractivity contribution < 1.29 is 32.2 Å². The van der Waals surface area contributed by atoms with Crippen molar-refractivity contribution in [3.05, 3.63) is 36.4 Å². The van der Waals surface area contributed by atoms with Crippen LogP contribution in [0.4, 0.5) is 5.13 Å². The van der Waals surface area contributed by atoms with Gasteiger partial charge in [-0.1, -0.05) is 11.3 Å². The van der Waals surface area contributed by atoms with Crippen molar-refractivity contribution in [2.24, 2.45) is 5.92 Å². The molecular formula is C29H38N4O7S2. The number of hydrogen-bond acceptors (Lipinski definition) is 10. The molecule has 2 aliphatic heterocycles. The molecule has 3 heterocycles. The Morgan fingerprint density at radius 2 is 1.64 bits per heavy atom. The first-order chi connectivity index (χ1) is 20.3. The molecule has 5 rings (SSSR count). The number of hydrogen-bond donors (Lipinski definition) is 0. The van der Waals surface area contributed by atoms with Crippen LogP contribution >= 0.6 is 11.3 Å². The van der Waals surface area contributed by atoms with Crippen LogP contribution in [-0.4, -0.2) is 102 Å². The molecule has 2 fully saturated rings. The zero-order chi connectivity index (χ0) is 29.7. The van der Waals surface area contributed by atoms with Crippen LogP contribution in [0.3, 0.4) is 0 Å². The van der Waals surface area contributed by atoms with Gasteiger partial charge in [0.1, 0.15) is 27.5 Å². The summed E-state index contributed by atoms with van der Waals surface area (Å²) < 4.78 is 50.6. The van der Waals surface area contributed by atoms with Crippen LogP contribution in [0.15, 0.2) is 41.3 Å². The highest BCUT2D eigenvalue weighted by atomic mass is 32.2. The Labute approximate surface area is 251 Å². The van der Waals surface area contributed by atoms with Crippen LogP contribution < -0.4 is 19.1 Å². The molecule has 0 spiro atoms. The molecule has 0 atom stereocenters. The van der Waals surface area contributed by atoms with Gasteiger partial charge in [0.2, 0.25) is 15.9 Å². The number of amides is 1. The minimum atomic E-state index is -3.67. The molecule has 0 N–H and O–H groups in total. The zero-order valence-corrected chi connectivity index (χ0v) is 25.9. The van der Waals surface area contributed by atoms with Gasteiger partial charge in [-0.2, -0.15) is 4.31 Å².